The monoisotopic (exact) mass is 570 g/mol. The van der Waals surface area contributed by atoms with Crippen LogP contribution in [0.5, 0.6) is 5.75 Å². The normalized spacial score (nSPS) is 17.7. The summed E-state index contributed by atoms with van der Waals surface area (Å²) in [5.74, 6) is 0.685. The van der Waals surface area contributed by atoms with E-state index >= 15 is 0 Å². The maximum Gasteiger partial charge on any atom is 0.419 e. The number of rotatable bonds is 6. The van der Waals surface area contributed by atoms with Gasteiger partial charge in [-0.15, -0.1) is 0 Å². The van der Waals surface area contributed by atoms with E-state index in [9.17, 15) is 9.59 Å². The van der Waals surface area contributed by atoms with Crippen LogP contribution in [-0.2, 0) is 16.0 Å². The summed E-state index contributed by atoms with van der Waals surface area (Å²) in [5.41, 5.74) is 4.80. The van der Waals surface area contributed by atoms with Gasteiger partial charge < -0.3 is 14.2 Å². The molecule has 1 aliphatic heterocycles. The molecule has 9 heteroatoms. The van der Waals surface area contributed by atoms with Gasteiger partial charge in [0.1, 0.15) is 17.7 Å². The van der Waals surface area contributed by atoms with E-state index < -0.39 is 11.7 Å². The van der Waals surface area contributed by atoms with Crippen LogP contribution >= 0.6 is 0 Å². The first-order valence-corrected chi connectivity index (χ1v) is 14.2. The molecule has 2 aromatic heterocycles. The van der Waals surface area contributed by atoms with Crippen LogP contribution in [0.1, 0.15) is 78.3 Å². The highest BCUT2D eigenvalue weighted by Gasteiger charge is 2.33. The van der Waals surface area contributed by atoms with Crippen molar-refractivity contribution >= 4 is 23.0 Å². The first kappa shape index (κ1) is 29.3. The molecule has 0 amide bonds. The van der Waals surface area contributed by atoms with E-state index in [2.05, 4.69) is 14.9 Å². The molecule has 1 aliphatic rings. The number of ether oxygens (including phenoxy) is 3. The zero-order valence-electron chi connectivity index (χ0n) is 25.1. The van der Waals surface area contributed by atoms with Crippen LogP contribution in [0, 0.1) is 6.92 Å². The number of benzene rings is 2. The first-order chi connectivity index (χ1) is 20.1. The van der Waals surface area contributed by atoms with Gasteiger partial charge in [-0.3, -0.25) is 9.47 Å². The second kappa shape index (κ2) is 11.9. The van der Waals surface area contributed by atoms with E-state index in [4.69, 9.17) is 14.2 Å². The topological polar surface area (TPSA) is 95.8 Å². The number of nitrogens with zero attached hydrogens (tertiary/aromatic N) is 4. The quantitative estimate of drug-likeness (QED) is 0.245. The Balaban J connectivity index is 1.53. The Hall–Kier alpha value is -4.24. The lowest BCUT2D eigenvalue weighted by molar-refractivity contribution is 0.0542. The van der Waals surface area contributed by atoms with Gasteiger partial charge in [0, 0.05) is 47.5 Å². The van der Waals surface area contributed by atoms with Gasteiger partial charge in [0.15, 0.2) is 0 Å². The molecule has 5 rings (SSSR count). The highest BCUT2D eigenvalue weighted by Crippen LogP contribution is 2.42. The molecule has 0 saturated carbocycles. The Labute approximate surface area is 246 Å². The molecule has 1 fully saturated rings. The van der Waals surface area contributed by atoms with E-state index in [1.165, 1.54) is 7.11 Å². The third-order valence-electron chi connectivity index (χ3n) is 7.85. The number of methoxy groups -OCH3 is 2. The fourth-order valence-electron chi connectivity index (χ4n) is 5.89. The van der Waals surface area contributed by atoms with Crippen molar-refractivity contribution in [2.45, 2.75) is 64.6 Å². The smallest absolute Gasteiger partial charge is 0.419 e. The fraction of sp³-hybridized carbons (Fsp3) is 0.394. The summed E-state index contributed by atoms with van der Waals surface area (Å²) in [5, 5.41) is 0.954. The second-order valence-electron chi connectivity index (χ2n) is 11.8. The van der Waals surface area contributed by atoms with Crippen molar-refractivity contribution < 1.29 is 23.8 Å². The minimum absolute atomic E-state index is 0.0550. The van der Waals surface area contributed by atoms with Gasteiger partial charge in [0.05, 0.1) is 25.3 Å². The van der Waals surface area contributed by atoms with Crippen LogP contribution in [0.2, 0.25) is 0 Å². The highest BCUT2D eigenvalue weighted by molar-refractivity contribution is 5.95. The van der Waals surface area contributed by atoms with Crippen LogP contribution in [0.25, 0.3) is 10.9 Å². The summed E-state index contributed by atoms with van der Waals surface area (Å²) < 4.78 is 18.1. The lowest BCUT2D eigenvalue weighted by Crippen LogP contribution is -2.36. The van der Waals surface area contributed by atoms with Gasteiger partial charge in [0.2, 0.25) is 0 Å². The van der Waals surface area contributed by atoms with Crippen LogP contribution in [0.3, 0.4) is 0 Å². The second-order valence-corrected chi connectivity index (χ2v) is 11.8. The maximum atomic E-state index is 13.1. The van der Waals surface area contributed by atoms with Gasteiger partial charge in [-0.2, -0.15) is 0 Å². The number of carbonyl (C=O) groups is 2. The minimum atomic E-state index is -0.610. The molecule has 2 aromatic carbocycles. The molecule has 0 bridgehead atoms. The summed E-state index contributed by atoms with van der Waals surface area (Å²) in [7, 11) is 3.07. The molecule has 2 unspecified atom stereocenters. The molecule has 9 nitrogen and oxygen atoms in total. The number of carbonyl (C=O) groups excluding carboxylic acids is 2. The summed E-state index contributed by atoms with van der Waals surface area (Å²) in [4.78, 5) is 36.3. The van der Waals surface area contributed by atoms with Gasteiger partial charge in [-0.25, -0.2) is 19.6 Å². The number of esters is 1. The maximum absolute atomic E-state index is 13.1. The molecule has 42 heavy (non-hydrogen) atoms. The number of fused-ring (bicyclic) bond motifs is 1. The zero-order chi connectivity index (χ0) is 30.0. The Bertz CT molecular complexity index is 1570. The predicted octanol–water partition coefficient (Wildman–Crippen LogP) is 6.44. The molecule has 1 saturated heterocycles. The van der Waals surface area contributed by atoms with Crippen molar-refractivity contribution in [2.75, 3.05) is 20.8 Å². The van der Waals surface area contributed by atoms with E-state index in [-0.39, 0.29) is 17.9 Å². The van der Waals surface area contributed by atoms with Crippen molar-refractivity contribution in [3.8, 4) is 5.75 Å². The largest absolute Gasteiger partial charge is 0.496 e. The lowest BCUT2D eigenvalue weighted by Gasteiger charge is -2.40. The third-order valence-corrected chi connectivity index (χ3v) is 7.85. The number of aromatic nitrogens is 3. The molecule has 4 aromatic rings. The first-order valence-electron chi connectivity index (χ1n) is 14.2. The van der Waals surface area contributed by atoms with Crippen molar-refractivity contribution in [1.29, 1.82) is 0 Å². The van der Waals surface area contributed by atoms with E-state index in [0.29, 0.717) is 12.1 Å². The van der Waals surface area contributed by atoms with Gasteiger partial charge in [0.25, 0.3) is 0 Å². The molecular formula is C33H38N4O5. The summed E-state index contributed by atoms with van der Waals surface area (Å²) >= 11 is 0. The number of hydrogen-bond acceptors (Lipinski definition) is 8. The molecule has 3 heterocycles. The molecule has 0 aliphatic carbocycles. The van der Waals surface area contributed by atoms with E-state index in [1.54, 1.807) is 30.4 Å². The average molecular weight is 571 g/mol. The highest BCUT2D eigenvalue weighted by atomic mass is 16.6. The van der Waals surface area contributed by atoms with Crippen LogP contribution in [-0.4, -0.2) is 57.9 Å². The van der Waals surface area contributed by atoms with Gasteiger partial charge in [-0.1, -0.05) is 12.1 Å². The number of piperidine rings is 1. The SMILES string of the molecule is COC(=O)c1ccc(C2CC(c3ccncn3)CCN2Cc2c(OC)cc(C)c3c2ccn3C(=O)OC(C)(C)C)cc1. The average Bonchev–Trinajstić information content (AvgIpc) is 3.44. The van der Waals surface area contributed by atoms with Crippen molar-refractivity contribution in [3.63, 3.8) is 0 Å². The van der Waals surface area contributed by atoms with Crippen molar-refractivity contribution in [1.82, 2.24) is 19.4 Å². The zero-order valence-corrected chi connectivity index (χ0v) is 25.1. The van der Waals surface area contributed by atoms with Crippen molar-refractivity contribution in [2.24, 2.45) is 0 Å². The standard InChI is InChI=1S/C33H38N4O5/c1-21-17-29(40-5)26(25-13-16-37(30(21)25)32(39)42-33(2,3)4)19-36-15-12-24(27-11-14-34-20-35-27)18-28(36)22-7-9-23(10-8-22)31(38)41-6/h7-11,13-14,16-17,20,24,28H,12,15,18-19H2,1-6H3. The van der Waals surface area contributed by atoms with E-state index in [0.717, 1.165) is 58.4 Å². The van der Waals surface area contributed by atoms with Gasteiger partial charge >= 0.3 is 12.1 Å². The Kier molecular flexibility index (Phi) is 8.31. The third kappa shape index (κ3) is 6.01. The van der Waals surface area contributed by atoms with Gasteiger partial charge in [-0.05, 0) is 88.5 Å². The molecule has 0 radical (unpaired) electrons. The lowest BCUT2D eigenvalue weighted by atomic mass is 9.84. The minimum Gasteiger partial charge on any atom is -0.496 e. The fourth-order valence-corrected chi connectivity index (χ4v) is 5.89. The summed E-state index contributed by atoms with van der Waals surface area (Å²) in [6.45, 7) is 9.00. The summed E-state index contributed by atoms with van der Waals surface area (Å²) in [6.07, 6.45) is 6.54. The number of likely N-dealkylation sites (tertiary alicyclic amines) is 1. The number of aryl methyl sites for hydroxylation is 1. The van der Waals surface area contributed by atoms with Crippen LogP contribution in [0.4, 0.5) is 4.79 Å². The Morgan fingerprint density at radius 1 is 1.07 bits per heavy atom. The van der Waals surface area contributed by atoms with E-state index in [1.807, 2.05) is 70.2 Å². The predicted molar refractivity (Wildman–Crippen MR) is 160 cm³/mol. The Morgan fingerprint density at radius 2 is 1.83 bits per heavy atom. The molecule has 0 spiro atoms. The number of hydrogen-bond donors (Lipinski definition) is 0. The molecular weight excluding hydrogens is 532 g/mol. The molecule has 0 N–H and O–H groups in total. The molecule has 2 atom stereocenters. The van der Waals surface area contributed by atoms with Crippen LogP contribution < -0.4 is 4.74 Å². The van der Waals surface area contributed by atoms with Crippen molar-refractivity contribution in [3.05, 3.63) is 89.1 Å². The Morgan fingerprint density at radius 3 is 2.48 bits per heavy atom. The molecule has 220 valence electrons. The van der Waals surface area contributed by atoms with Crippen LogP contribution in [0.15, 0.2) is 61.2 Å². The summed E-state index contributed by atoms with van der Waals surface area (Å²) in [6, 6.07) is 13.7.